The number of methoxy groups -OCH3 is 1. The number of aromatic amines is 1. The predicted octanol–water partition coefficient (Wildman–Crippen LogP) is 1.01. The van der Waals surface area contributed by atoms with Crippen LogP contribution in [0.15, 0.2) is 24.7 Å². The van der Waals surface area contributed by atoms with E-state index in [4.69, 9.17) is 10.5 Å². The summed E-state index contributed by atoms with van der Waals surface area (Å²) < 4.78 is 5.19. The number of pyridine rings is 1. The lowest BCUT2D eigenvalue weighted by Crippen LogP contribution is -1.92. The van der Waals surface area contributed by atoms with Gasteiger partial charge in [0.2, 0.25) is 5.88 Å². The Bertz CT molecular complexity index is 708. The molecule has 0 bridgehead atoms. The van der Waals surface area contributed by atoms with Gasteiger partial charge >= 0.3 is 0 Å². The number of nitrogens with zero attached hydrogens (tertiary/aromatic N) is 4. The average Bonchev–Trinajstić information content (AvgIpc) is 2.84. The third-order valence-corrected chi connectivity index (χ3v) is 2.54. The molecule has 0 radical (unpaired) electrons. The van der Waals surface area contributed by atoms with Gasteiger partial charge in [0, 0.05) is 6.20 Å². The predicted molar refractivity (Wildman–Crippen MR) is 65.9 cm³/mol. The van der Waals surface area contributed by atoms with E-state index in [0.717, 1.165) is 5.56 Å². The van der Waals surface area contributed by atoms with Gasteiger partial charge in [-0.1, -0.05) is 0 Å². The zero-order valence-corrected chi connectivity index (χ0v) is 9.58. The van der Waals surface area contributed by atoms with Crippen molar-refractivity contribution in [3.63, 3.8) is 0 Å². The molecule has 7 heteroatoms. The lowest BCUT2D eigenvalue weighted by atomic mass is 10.2. The third-order valence-electron chi connectivity index (χ3n) is 2.54. The average molecular weight is 242 g/mol. The Hall–Kier alpha value is -2.70. The van der Waals surface area contributed by atoms with E-state index >= 15 is 0 Å². The molecule has 3 heterocycles. The van der Waals surface area contributed by atoms with Crippen molar-refractivity contribution in [3.05, 3.63) is 24.7 Å². The quantitative estimate of drug-likeness (QED) is 0.695. The van der Waals surface area contributed by atoms with E-state index in [1.54, 1.807) is 19.4 Å². The summed E-state index contributed by atoms with van der Waals surface area (Å²) in [6, 6.07) is 3.66. The Labute approximate surface area is 102 Å². The van der Waals surface area contributed by atoms with E-state index in [2.05, 4.69) is 24.9 Å². The summed E-state index contributed by atoms with van der Waals surface area (Å²) in [7, 11) is 1.56. The van der Waals surface area contributed by atoms with Gasteiger partial charge < -0.3 is 15.5 Å². The summed E-state index contributed by atoms with van der Waals surface area (Å²) >= 11 is 0. The van der Waals surface area contributed by atoms with Gasteiger partial charge in [-0.15, -0.1) is 0 Å². The van der Waals surface area contributed by atoms with Crippen LogP contribution in [0.25, 0.3) is 22.6 Å². The molecule has 3 aromatic heterocycles. The molecule has 0 aliphatic rings. The Balaban J connectivity index is 2.23. The van der Waals surface area contributed by atoms with Gasteiger partial charge in [0.05, 0.1) is 12.7 Å². The van der Waals surface area contributed by atoms with Crippen LogP contribution in [0.5, 0.6) is 5.88 Å². The van der Waals surface area contributed by atoms with Crippen molar-refractivity contribution >= 4 is 17.0 Å². The van der Waals surface area contributed by atoms with Crippen LogP contribution in [-0.2, 0) is 0 Å². The molecule has 0 aromatic carbocycles. The first kappa shape index (κ1) is 10.5. The topological polar surface area (TPSA) is 103 Å². The first-order chi connectivity index (χ1) is 8.79. The van der Waals surface area contributed by atoms with E-state index < -0.39 is 0 Å². The van der Waals surface area contributed by atoms with Gasteiger partial charge in [0.1, 0.15) is 17.7 Å². The van der Waals surface area contributed by atoms with Crippen LogP contribution in [0, 0.1) is 0 Å². The molecule has 0 spiro atoms. The Kier molecular flexibility index (Phi) is 2.30. The molecule has 0 saturated carbocycles. The molecule has 0 aliphatic heterocycles. The van der Waals surface area contributed by atoms with E-state index in [9.17, 15) is 0 Å². The number of fused-ring (bicyclic) bond motifs is 1. The summed E-state index contributed by atoms with van der Waals surface area (Å²) in [6.45, 7) is 0. The van der Waals surface area contributed by atoms with Gasteiger partial charge in [-0.05, 0) is 12.1 Å². The van der Waals surface area contributed by atoms with E-state index in [1.165, 1.54) is 6.33 Å². The molecule has 0 saturated heterocycles. The second kappa shape index (κ2) is 3.95. The molecule has 3 rings (SSSR count). The number of nitrogens with two attached hydrogens (primary N) is 1. The van der Waals surface area contributed by atoms with E-state index in [1.807, 2.05) is 6.07 Å². The maximum absolute atomic E-state index is 5.75. The largest absolute Gasteiger partial charge is 0.480 e. The highest BCUT2D eigenvalue weighted by molar-refractivity contribution is 5.84. The second-order valence-electron chi connectivity index (χ2n) is 3.60. The van der Waals surface area contributed by atoms with Gasteiger partial charge in [0.15, 0.2) is 11.5 Å². The van der Waals surface area contributed by atoms with Crippen molar-refractivity contribution in [1.29, 1.82) is 0 Å². The molecule has 0 aliphatic carbocycles. The number of hydrogen-bond acceptors (Lipinski definition) is 6. The summed E-state index contributed by atoms with van der Waals surface area (Å²) in [5, 5.41) is 0. The van der Waals surface area contributed by atoms with Gasteiger partial charge in [-0.3, -0.25) is 0 Å². The smallest absolute Gasteiger partial charge is 0.224 e. The Morgan fingerprint density at radius 1 is 1.28 bits per heavy atom. The fourth-order valence-electron chi connectivity index (χ4n) is 1.71. The molecule has 7 nitrogen and oxygen atoms in total. The number of nitrogen functional groups attached to an aromatic ring is 1. The first-order valence-corrected chi connectivity index (χ1v) is 5.25. The minimum atomic E-state index is 0.363. The van der Waals surface area contributed by atoms with Crippen LogP contribution in [0.1, 0.15) is 0 Å². The fourth-order valence-corrected chi connectivity index (χ4v) is 1.71. The van der Waals surface area contributed by atoms with E-state index in [-0.39, 0.29) is 0 Å². The number of anilines is 1. The van der Waals surface area contributed by atoms with Crippen LogP contribution in [0.3, 0.4) is 0 Å². The monoisotopic (exact) mass is 242 g/mol. The van der Waals surface area contributed by atoms with Crippen molar-refractivity contribution in [3.8, 4) is 17.3 Å². The highest BCUT2D eigenvalue weighted by Crippen LogP contribution is 2.27. The molecule has 3 aromatic rings. The maximum Gasteiger partial charge on any atom is 0.224 e. The second-order valence-corrected chi connectivity index (χ2v) is 3.60. The highest BCUT2D eigenvalue weighted by Gasteiger charge is 2.13. The van der Waals surface area contributed by atoms with Crippen molar-refractivity contribution < 1.29 is 4.74 Å². The lowest BCUT2D eigenvalue weighted by Gasteiger charge is -2.02. The van der Waals surface area contributed by atoms with Crippen LogP contribution >= 0.6 is 0 Å². The minimum absolute atomic E-state index is 0.363. The zero-order valence-electron chi connectivity index (χ0n) is 9.58. The number of aromatic nitrogens is 5. The van der Waals surface area contributed by atoms with Crippen LogP contribution in [-0.4, -0.2) is 32.0 Å². The Morgan fingerprint density at radius 3 is 2.94 bits per heavy atom. The molecule has 18 heavy (non-hydrogen) atoms. The summed E-state index contributed by atoms with van der Waals surface area (Å²) in [5.41, 5.74) is 7.62. The summed E-state index contributed by atoms with van der Waals surface area (Å²) in [4.78, 5) is 19.5. The number of ether oxygens (including phenoxy) is 1. The van der Waals surface area contributed by atoms with Crippen molar-refractivity contribution in [2.24, 2.45) is 0 Å². The van der Waals surface area contributed by atoms with Crippen molar-refractivity contribution in [2.75, 3.05) is 12.8 Å². The molecule has 0 amide bonds. The van der Waals surface area contributed by atoms with Crippen molar-refractivity contribution in [2.45, 2.75) is 0 Å². The van der Waals surface area contributed by atoms with Crippen LogP contribution in [0.2, 0.25) is 0 Å². The van der Waals surface area contributed by atoms with Crippen molar-refractivity contribution in [1.82, 2.24) is 24.9 Å². The molecule has 0 fully saturated rings. The number of rotatable bonds is 2. The zero-order chi connectivity index (χ0) is 12.5. The molecular weight excluding hydrogens is 232 g/mol. The standard InChI is InChI=1S/C11H10N6O/c1-18-11-6(3-2-4-13-11)9-16-7-8(12)14-5-15-10(7)17-9/h2-5H,1H3,(H3,12,14,15,16,17). The normalized spacial score (nSPS) is 10.7. The van der Waals surface area contributed by atoms with Crippen LogP contribution < -0.4 is 10.5 Å². The Morgan fingerprint density at radius 2 is 2.17 bits per heavy atom. The first-order valence-electron chi connectivity index (χ1n) is 5.25. The minimum Gasteiger partial charge on any atom is -0.480 e. The van der Waals surface area contributed by atoms with Gasteiger partial charge in [-0.2, -0.15) is 0 Å². The van der Waals surface area contributed by atoms with Gasteiger partial charge in [-0.25, -0.2) is 19.9 Å². The third kappa shape index (κ3) is 1.53. The molecule has 90 valence electrons. The molecule has 0 unspecified atom stereocenters. The lowest BCUT2D eigenvalue weighted by molar-refractivity contribution is 0.399. The number of imidazole rings is 1. The molecule has 0 atom stereocenters. The summed E-state index contributed by atoms with van der Waals surface area (Å²) in [5.74, 6) is 1.45. The number of hydrogen-bond donors (Lipinski definition) is 2. The SMILES string of the molecule is COc1ncccc1-c1nc2ncnc(N)c2[nH]1. The van der Waals surface area contributed by atoms with Crippen LogP contribution in [0.4, 0.5) is 5.82 Å². The van der Waals surface area contributed by atoms with E-state index in [0.29, 0.717) is 28.7 Å². The summed E-state index contributed by atoms with van der Waals surface area (Å²) in [6.07, 6.45) is 3.03. The number of nitrogens with one attached hydrogen (secondary N) is 1. The highest BCUT2D eigenvalue weighted by atomic mass is 16.5. The fraction of sp³-hybridized carbons (Fsp3) is 0.0909. The maximum atomic E-state index is 5.75. The molecular formula is C11H10N6O. The molecule has 3 N–H and O–H groups in total. The number of H-pyrrole nitrogens is 1. The van der Waals surface area contributed by atoms with Gasteiger partial charge in [0.25, 0.3) is 0 Å².